The minimum atomic E-state index is -0.517. The van der Waals surface area contributed by atoms with Gasteiger partial charge in [0, 0.05) is 12.3 Å². The van der Waals surface area contributed by atoms with Gasteiger partial charge in [0.1, 0.15) is 6.10 Å². The number of ether oxygens (including phenoxy) is 2. The van der Waals surface area contributed by atoms with Crippen molar-refractivity contribution in [3.8, 4) is 0 Å². The van der Waals surface area contributed by atoms with Crippen LogP contribution in [-0.4, -0.2) is 34.3 Å². The molecule has 2 heterocycles. The first-order valence-electron chi connectivity index (χ1n) is 5.43. The molecule has 0 unspecified atom stereocenters. The zero-order chi connectivity index (χ0) is 12.5. The quantitative estimate of drug-likeness (QED) is 0.599. The van der Waals surface area contributed by atoms with Crippen LogP contribution in [0.1, 0.15) is 13.8 Å². The molecule has 0 N–H and O–H groups in total. The molecule has 5 nitrogen and oxygen atoms in total. The first-order chi connectivity index (χ1) is 8.00. The second kappa shape index (κ2) is 4.80. The maximum absolute atomic E-state index is 11.1. The largest absolute Gasteiger partial charge is 0.348 e. The first kappa shape index (κ1) is 12.6. The van der Waals surface area contributed by atoms with Gasteiger partial charge in [-0.1, -0.05) is 11.8 Å². The molecule has 1 aromatic rings. The second-order valence-electron chi connectivity index (χ2n) is 4.36. The van der Waals surface area contributed by atoms with Gasteiger partial charge in [-0.2, -0.15) is 4.98 Å². The minimum absolute atomic E-state index is 0.000187. The molecule has 1 fully saturated rings. The highest BCUT2D eigenvalue weighted by molar-refractivity contribution is 7.98. The standard InChI is InChI=1S/C11H16N2O3S/c1-11(2)15-7-8(16-11)6-13-5-4-9(14)12-10(13)17-3/h4-5,8H,6-7H2,1-3H3/t8-/m0/s1. The number of aromatic nitrogens is 2. The summed E-state index contributed by atoms with van der Waals surface area (Å²) < 4.78 is 13.1. The monoisotopic (exact) mass is 256 g/mol. The molecule has 1 aliphatic rings. The van der Waals surface area contributed by atoms with Crippen molar-refractivity contribution in [2.45, 2.75) is 37.4 Å². The molecule has 0 saturated carbocycles. The van der Waals surface area contributed by atoms with Gasteiger partial charge >= 0.3 is 0 Å². The van der Waals surface area contributed by atoms with Crippen LogP contribution >= 0.6 is 11.8 Å². The van der Waals surface area contributed by atoms with Gasteiger partial charge < -0.3 is 14.0 Å². The summed E-state index contributed by atoms with van der Waals surface area (Å²) in [5.41, 5.74) is -0.213. The number of hydrogen-bond donors (Lipinski definition) is 0. The first-order valence-corrected chi connectivity index (χ1v) is 6.66. The van der Waals surface area contributed by atoms with Crippen molar-refractivity contribution in [1.82, 2.24) is 9.55 Å². The maximum Gasteiger partial charge on any atom is 0.273 e. The smallest absolute Gasteiger partial charge is 0.273 e. The van der Waals surface area contributed by atoms with Crippen LogP contribution in [0.3, 0.4) is 0 Å². The van der Waals surface area contributed by atoms with E-state index in [9.17, 15) is 4.79 Å². The van der Waals surface area contributed by atoms with Gasteiger partial charge in [-0.05, 0) is 20.1 Å². The fraction of sp³-hybridized carbons (Fsp3) is 0.636. The van der Waals surface area contributed by atoms with E-state index >= 15 is 0 Å². The summed E-state index contributed by atoms with van der Waals surface area (Å²) >= 11 is 1.45. The van der Waals surface area contributed by atoms with Crippen LogP contribution in [-0.2, 0) is 16.0 Å². The van der Waals surface area contributed by atoms with Crippen LogP contribution in [0.5, 0.6) is 0 Å². The van der Waals surface area contributed by atoms with Crippen LogP contribution in [0.2, 0.25) is 0 Å². The van der Waals surface area contributed by atoms with Gasteiger partial charge in [0.05, 0.1) is 13.2 Å². The van der Waals surface area contributed by atoms with E-state index in [0.717, 1.165) is 0 Å². The normalized spacial score (nSPS) is 22.9. The summed E-state index contributed by atoms with van der Waals surface area (Å²) in [6.07, 6.45) is 3.64. The van der Waals surface area contributed by atoms with Crippen LogP contribution < -0.4 is 5.56 Å². The predicted octanol–water partition coefficient (Wildman–Crippen LogP) is 1.12. The molecule has 0 bridgehead atoms. The Kier molecular flexibility index (Phi) is 3.56. The Morgan fingerprint density at radius 3 is 3.00 bits per heavy atom. The van der Waals surface area contributed by atoms with Crippen molar-refractivity contribution >= 4 is 11.8 Å². The molecule has 0 amide bonds. The van der Waals surface area contributed by atoms with E-state index < -0.39 is 5.79 Å². The Morgan fingerprint density at radius 1 is 1.65 bits per heavy atom. The van der Waals surface area contributed by atoms with E-state index in [1.54, 1.807) is 6.20 Å². The second-order valence-corrected chi connectivity index (χ2v) is 5.13. The molecule has 1 atom stereocenters. The Hall–Kier alpha value is -0.850. The van der Waals surface area contributed by atoms with E-state index in [2.05, 4.69) is 4.98 Å². The molecule has 0 spiro atoms. The van der Waals surface area contributed by atoms with Gasteiger partial charge in [-0.25, -0.2) is 0 Å². The van der Waals surface area contributed by atoms with Crippen molar-refractivity contribution in [2.75, 3.05) is 12.9 Å². The third-order valence-corrected chi connectivity index (χ3v) is 3.19. The topological polar surface area (TPSA) is 53.4 Å². The minimum Gasteiger partial charge on any atom is -0.348 e. The molecule has 1 aromatic heterocycles. The molecule has 0 aliphatic carbocycles. The van der Waals surface area contributed by atoms with Crippen molar-refractivity contribution < 1.29 is 9.47 Å². The lowest BCUT2D eigenvalue weighted by atomic mass is 10.3. The number of rotatable bonds is 3. The van der Waals surface area contributed by atoms with Crippen molar-refractivity contribution in [2.24, 2.45) is 0 Å². The molecule has 0 radical (unpaired) electrons. The Morgan fingerprint density at radius 2 is 2.41 bits per heavy atom. The molecule has 6 heteroatoms. The molecule has 17 heavy (non-hydrogen) atoms. The van der Waals surface area contributed by atoms with Crippen LogP contribution in [0.25, 0.3) is 0 Å². The highest BCUT2D eigenvalue weighted by Crippen LogP contribution is 2.23. The molecule has 1 saturated heterocycles. The number of nitrogens with zero attached hydrogens (tertiary/aromatic N) is 2. The number of hydrogen-bond acceptors (Lipinski definition) is 5. The van der Waals surface area contributed by atoms with Crippen LogP contribution in [0.15, 0.2) is 22.2 Å². The highest BCUT2D eigenvalue weighted by Gasteiger charge is 2.32. The van der Waals surface area contributed by atoms with Crippen LogP contribution in [0.4, 0.5) is 0 Å². The van der Waals surface area contributed by atoms with Gasteiger partial charge in [0.2, 0.25) is 0 Å². The van der Waals surface area contributed by atoms with E-state index in [1.165, 1.54) is 17.8 Å². The molecule has 2 rings (SSSR count). The molecular weight excluding hydrogens is 240 g/mol. The van der Waals surface area contributed by atoms with E-state index in [0.29, 0.717) is 18.3 Å². The fourth-order valence-corrected chi connectivity index (χ4v) is 2.34. The van der Waals surface area contributed by atoms with Crippen molar-refractivity contribution in [3.05, 3.63) is 22.6 Å². The fourth-order valence-electron chi connectivity index (χ4n) is 1.79. The number of thioether (sulfide) groups is 1. The summed E-state index contributed by atoms with van der Waals surface area (Å²) in [4.78, 5) is 15.1. The van der Waals surface area contributed by atoms with Crippen molar-refractivity contribution in [1.29, 1.82) is 0 Å². The van der Waals surface area contributed by atoms with Gasteiger partial charge in [-0.3, -0.25) is 4.79 Å². The highest BCUT2D eigenvalue weighted by atomic mass is 32.2. The summed E-state index contributed by atoms with van der Waals surface area (Å²) in [5, 5.41) is 0.700. The Labute approximate surface area is 104 Å². The lowest BCUT2D eigenvalue weighted by Gasteiger charge is -2.18. The average Bonchev–Trinajstić information content (AvgIpc) is 2.61. The summed E-state index contributed by atoms with van der Waals surface area (Å²) in [6, 6.07) is 1.46. The van der Waals surface area contributed by atoms with Gasteiger partial charge in [0.25, 0.3) is 5.56 Å². The third-order valence-electron chi connectivity index (χ3n) is 2.50. The third kappa shape index (κ3) is 3.08. The van der Waals surface area contributed by atoms with E-state index in [1.807, 2.05) is 24.7 Å². The lowest BCUT2D eigenvalue weighted by molar-refractivity contribution is -0.139. The molecule has 94 valence electrons. The molecule has 0 aromatic carbocycles. The van der Waals surface area contributed by atoms with Gasteiger partial charge in [-0.15, -0.1) is 0 Å². The summed E-state index contributed by atoms with van der Waals surface area (Å²) in [5.74, 6) is -0.517. The average molecular weight is 256 g/mol. The van der Waals surface area contributed by atoms with Crippen LogP contribution in [0, 0.1) is 0 Å². The van der Waals surface area contributed by atoms with E-state index in [-0.39, 0.29) is 11.7 Å². The van der Waals surface area contributed by atoms with E-state index in [4.69, 9.17) is 9.47 Å². The maximum atomic E-state index is 11.1. The summed E-state index contributed by atoms with van der Waals surface area (Å²) in [6.45, 7) is 5.00. The Balaban J connectivity index is 2.11. The predicted molar refractivity (Wildman–Crippen MR) is 65.2 cm³/mol. The molecular formula is C11H16N2O3S. The Bertz CT molecular complexity index is 458. The zero-order valence-electron chi connectivity index (χ0n) is 10.2. The van der Waals surface area contributed by atoms with Gasteiger partial charge in [0.15, 0.2) is 10.9 Å². The molecule has 1 aliphatic heterocycles. The summed E-state index contributed by atoms with van der Waals surface area (Å²) in [7, 11) is 0. The SMILES string of the molecule is CSc1nc(=O)ccn1C[C@H]1COC(C)(C)O1. The zero-order valence-corrected chi connectivity index (χ0v) is 11.0. The van der Waals surface area contributed by atoms with Crippen molar-refractivity contribution in [3.63, 3.8) is 0 Å². The lowest BCUT2D eigenvalue weighted by Crippen LogP contribution is -2.25.